The summed E-state index contributed by atoms with van der Waals surface area (Å²) in [6, 6.07) is 49.8. The first kappa shape index (κ1) is 25.5. The summed E-state index contributed by atoms with van der Waals surface area (Å²) in [5.41, 5.74) is 14.6. The van der Waals surface area contributed by atoms with Crippen LogP contribution in [-0.4, -0.2) is 14.0 Å². The van der Waals surface area contributed by atoms with Gasteiger partial charge in [0, 0.05) is 33.0 Å². The number of hydrogen-bond donors (Lipinski definition) is 0. The van der Waals surface area contributed by atoms with Crippen molar-refractivity contribution in [3.63, 3.8) is 0 Å². The maximum atomic E-state index is 6.41. The molecule has 9 aromatic rings. The molecule has 46 heavy (non-hydrogen) atoms. The lowest BCUT2D eigenvalue weighted by molar-refractivity contribution is 0.642. The van der Waals surface area contributed by atoms with Crippen molar-refractivity contribution >= 4 is 38.7 Å². The first-order valence-electron chi connectivity index (χ1n) is 15.8. The van der Waals surface area contributed by atoms with Gasteiger partial charge in [0.2, 0.25) is 0 Å². The zero-order chi connectivity index (χ0) is 30.6. The molecule has 0 spiro atoms. The summed E-state index contributed by atoms with van der Waals surface area (Å²) in [7, 11) is 0. The molecule has 0 bridgehead atoms. The number of para-hydroxylation sites is 4. The standard InChI is InChI=1S/C42H29N3O/c1-42(2)32-18-8-6-16-29(32)38-30(17-12-19-33(38)42)39-40(45-36-21-10-11-22-37(36)46-41(45)43-39)26-23-24-35-31(25-26)28-15-7-9-20-34(28)44(35)27-13-4-3-5-14-27/h3-25H,1-2H3. The fourth-order valence-electron chi connectivity index (χ4n) is 7.90. The van der Waals surface area contributed by atoms with Crippen LogP contribution in [0.2, 0.25) is 0 Å². The molecule has 6 aromatic carbocycles. The van der Waals surface area contributed by atoms with E-state index in [-0.39, 0.29) is 5.41 Å². The van der Waals surface area contributed by atoms with Crippen LogP contribution < -0.4 is 0 Å². The van der Waals surface area contributed by atoms with Gasteiger partial charge in [-0.1, -0.05) is 111 Å². The molecule has 4 heteroatoms. The quantitative estimate of drug-likeness (QED) is 0.205. The average Bonchev–Trinajstić information content (AvgIpc) is 3.81. The fourth-order valence-corrected chi connectivity index (χ4v) is 7.90. The highest BCUT2D eigenvalue weighted by Crippen LogP contribution is 2.53. The van der Waals surface area contributed by atoms with Gasteiger partial charge in [-0.05, 0) is 64.7 Å². The minimum absolute atomic E-state index is 0.105. The Hall–Kier alpha value is -5.87. The van der Waals surface area contributed by atoms with Crippen LogP contribution in [0.25, 0.3) is 78.1 Å². The van der Waals surface area contributed by atoms with Crippen LogP contribution in [0.4, 0.5) is 0 Å². The summed E-state index contributed by atoms with van der Waals surface area (Å²) in [6.07, 6.45) is 0. The molecular weight excluding hydrogens is 562 g/mol. The number of rotatable bonds is 3. The van der Waals surface area contributed by atoms with Gasteiger partial charge in [-0.2, -0.15) is 4.98 Å². The van der Waals surface area contributed by atoms with Gasteiger partial charge < -0.3 is 8.98 Å². The Balaban J connectivity index is 1.31. The molecule has 218 valence electrons. The van der Waals surface area contributed by atoms with Crippen molar-refractivity contribution in [2.45, 2.75) is 19.3 Å². The molecule has 0 N–H and O–H groups in total. The lowest BCUT2D eigenvalue weighted by Crippen LogP contribution is -2.14. The number of imidazole rings is 1. The van der Waals surface area contributed by atoms with E-state index in [1.54, 1.807) is 0 Å². The van der Waals surface area contributed by atoms with Gasteiger partial charge in [-0.15, -0.1) is 0 Å². The molecule has 0 radical (unpaired) electrons. The Labute approximate surface area is 265 Å². The van der Waals surface area contributed by atoms with Gasteiger partial charge >= 0.3 is 5.84 Å². The molecule has 0 saturated carbocycles. The number of hydrogen-bond acceptors (Lipinski definition) is 2. The number of aromatic nitrogens is 3. The largest absolute Gasteiger partial charge is 0.423 e. The van der Waals surface area contributed by atoms with Gasteiger partial charge in [0.05, 0.1) is 22.2 Å². The van der Waals surface area contributed by atoms with Gasteiger partial charge in [-0.25, -0.2) is 0 Å². The van der Waals surface area contributed by atoms with E-state index in [4.69, 9.17) is 9.40 Å². The summed E-state index contributed by atoms with van der Waals surface area (Å²) >= 11 is 0. The third kappa shape index (κ3) is 3.30. The second kappa shape index (κ2) is 9.09. The molecule has 0 fully saturated rings. The van der Waals surface area contributed by atoms with Crippen LogP contribution in [0.15, 0.2) is 144 Å². The minimum Gasteiger partial charge on any atom is -0.423 e. The van der Waals surface area contributed by atoms with E-state index in [0.717, 1.165) is 39.3 Å². The number of oxazole rings is 1. The second-order valence-electron chi connectivity index (χ2n) is 12.8. The van der Waals surface area contributed by atoms with E-state index in [2.05, 4.69) is 150 Å². The third-order valence-electron chi connectivity index (χ3n) is 9.98. The molecule has 3 aromatic heterocycles. The summed E-state index contributed by atoms with van der Waals surface area (Å²) in [4.78, 5) is 5.28. The summed E-state index contributed by atoms with van der Waals surface area (Å²) in [6.45, 7) is 4.65. The highest BCUT2D eigenvalue weighted by Gasteiger charge is 2.37. The number of nitrogens with zero attached hydrogens (tertiary/aromatic N) is 3. The van der Waals surface area contributed by atoms with E-state index in [1.165, 1.54) is 44.1 Å². The second-order valence-corrected chi connectivity index (χ2v) is 12.8. The van der Waals surface area contributed by atoms with Gasteiger partial charge in [0.1, 0.15) is 5.69 Å². The van der Waals surface area contributed by atoms with Crippen LogP contribution in [0.1, 0.15) is 25.0 Å². The smallest absolute Gasteiger partial charge is 0.307 e. The zero-order valence-electron chi connectivity index (χ0n) is 25.5. The molecule has 1 aliphatic rings. The van der Waals surface area contributed by atoms with E-state index in [1.807, 2.05) is 12.1 Å². The van der Waals surface area contributed by atoms with Crippen molar-refractivity contribution in [2.75, 3.05) is 0 Å². The van der Waals surface area contributed by atoms with Crippen LogP contribution >= 0.6 is 0 Å². The van der Waals surface area contributed by atoms with Gasteiger partial charge in [0.25, 0.3) is 0 Å². The molecular formula is C42H29N3O. The van der Waals surface area contributed by atoms with E-state index in [0.29, 0.717) is 5.84 Å². The maximum Gasteiger partial charge on any atom is 0.307 e. The predicted octanol–water partition coefficient (Wildman–Crippen LogP) is 10.8. The molecule has 0 saturated heterocycles. The molecule has 4 nitrogen and oxygen atoms in total. The highest BCUT2D eigenvalue weighted by molar-refractivity contribution is 6.11. The maximum absolute atomic E-state index is 6.41. The Bertz CT molecular complexity index is 2670. The Morgan fingerprint density at radius 3 is 2.17 bits per heavy atom. The number of fused-ring (bicyclic) bond motifs is 9. The summed E-state index contributed by atoms with van der Waals surface area (Å²) in [5.74, 6) is 0.598. The molecule has 3 heterocycles. The lowest BCUT2D eigenvalue weighted by atomic mass is 9.82. The van der Waals surface area contributed by atoms with Crippen molar-refractivity contribution in [1.29, 1.82) is 0 Å². The summed E-state index contributed by atoms with van der Waals surface area (Å²) < 4.78 is 11.0. The molecule has 0 unspecified atom stereocenters. The summed E-state index contributed by atoms with van der Waals surface area (Å²) in [5, 5.41) is 2.43. The molecule has 10 rings (SSSR count). The Morgan fingerprint density at radius 1 is 0.587 bits per heavy atom. The number of benzene rings is 6. The van der Waals surface area contributed by atoms with Gasteiger partial charge in [0.15, 0.2) is 5.58 Å². The topological polar surface area (TPSA) is 35.4 Å². The fraction of sp³-hybridized carbons (Fsp3) is 0.0714. The SMILES string of the molecule is CC1(C)c2ccccc2-c2c(-c3nc4oc5ccccc5n4c3-c3ccc4c(c3)c3ccccc3n4-c3ccccc3)cccc21. The van der Waals surface area contributed by atoms with Crippen molar-refractivity contribution < 1.29 is 4.42 Å². The monoisotopic (exact) mass is 591 g/mol. The molecule has 0 amide bonds. The Morgan fingerprint density at radius 2 is 1.28 bits per heavy atom. The van der Waals surface area contributed by atoms with E-state index >= 15 is 0 Å². The van der Waals surface area contributed by atoms with Crippen molar-refractivity contribution in [2.24, 2.45) is 0 Å². The lowest BCUT2D eigenvalue weighted by Gasteiger charge is -2.21. The van der Waals surface area contributed by atoms with Crippen LogP contribution in [0, 0.1) is 0 Å². The van der Waals surface area contributed by atoms with E-state index in [9.17, 15) is 0 Å². The first-order chi connectivity index (χ1) is 22.6. The van der Waals surface area contributed by atoms with Crippen molar-refractivity contribution in [3.8, 4) is 39.3 Å². The minimum atomic E-state index is -0.105. The molecule has 0 aliphatic heterocycles. The normalized spacial score (nSPS) is 13.6. The van der Waals surface area contributed by atoms with Gasteiger partial charge in [-0.3, -0.25) is 4.40 Å². The third-order valence-corrected chi connectivity index (χ3v) is 9.98. The molecule has 1 aliphatic carbocycles. The Kier molecular flexibility index (Phi) is 5.03. The van der Waals surface area contributed by atoms with Crippen LogP contribution in [0.3, 0.4) is 0 Å². The van der Waals surface area contributed by atoms with Crippen molar-refractivity contribution in [1.82, 2.24) is 14.0 Å². The predicted molar refractivity (Wildman–Crippen MR) is 188 cm³/mol. The van der Waals surface area contributed by atoms with Crippen molar-refractivity contribution in [3.05, 3.63) is 151 Å². The van der Waals surface area contributed by atoms with E-state index < -0.39 is 0 Å². The zero-order valence-corrected chi connectivity index (χ0v) is 25.5. The van der Waals surface area contributed by atoms with Crippen LogP contribution in [-0.2, 0) is 5.41 Å². The van der Waals surface area contributed by atoms with Crippen LogP contribution in [0.5, 0.6) is 0 Å². The average molecular weight is 592 g/mol. The first-order valence-corrected chi connectivity index (χ1v) is 15.8. The molecule has 0 atom stereocenters. The highest BCUT2D eigenvalue weighted by atomic mass is 16.4.